The van der Waals surface area contributed by atoms with Crippen LogP contribution in [0.2, 0.25) is 0 Å². The van der Waals surface area contributed by atoms with Gasteiger partial charge in [0.1, 0.15) is 5.82 Å². The molecule has 2 heterocycles. The third-order valence-electron chi connectivity index (χ3n) is 6.00. The quantitative estimate of drug-likeness (QED) is 0.525. The molecule has 4 rings (SSSR count). The fourth-order valence-corrected chi connectivity index (χ4v) is 5.88. The van der Waals surface area contributed by atoms with E-state index in [1.807, 2.05) is 12.1 Å². The van der Waals surface area contributed by atoms with Crippen LogP contribution in [0.5, 0.6) is 0 Å². The maximum atomic E-state index is 12.6. The first-order chi connectivity index (χ1) is 15.2. The van der Waals surface area contributed by atoms with Crippen LogP contribution in [0.25, 0.3) is 10.1 Å². The van der Waals surface area contributed by atoms with Crippen molar-refractivity contribution in [1.82, 2.24) is 14.0 Å². The van der Waals surface area contributed by atoms with E-state index in [0.717, 1.165) is 50.5 Å². The van der Waals surface area contributed by atoms with Crippen molar-refractivity contribution >= 4 is 37.5 Å². The van der Waals surface area contributed by atoms with E-state index < -0.39 is 10.0 Å². The molecule has 3 aromatic rings. The van der Waals surface area contributed by atoms with Crippen molar-refractivity contribution in [3.05, 3.63) is 54.1 Å². The second-order valence-corrected chi connectivity index (χ2v) is 11.9. The Balaban J connectivity index is 1.22. The summed E-state index contributed by atoms with van der Waals surface area (Å²) in [5.41, 5.74) is 1.13. The van der Waals surface area contributed by atoms with E-state index in [1.54, 1.807) is 23.7 Å². The Bertz CT molecular complexity index is 1140. The standard InChI is InChI=1S/C24H32N4O2S2/c1-24(2,3)19-9-11-20(12-10-19)32(29,30)25-13-6-14-27-15-17-28(18-16-27)23-21-7-4-5-8-22(21)31-26-23/h4-5,7-12,25H,6,13-18H2,1-3H3. The molecule has 0 atom stereocenters. The Labute approximate surface area is 195 Å². The van der Waals surface area contributed by atoms with Crippen molar-refractivity contribution in [3.63, 3.8) is 0 Å². The predicted octanol–water partition coefficient (Wildman–Crippen LogP) is 4.08. The molecular weight excluding hydrogens is 440 g/mol. The number of aromatic nitrogens is 1. The summed E-state index contributed by atoms with van der Waals surface area (Å²) in [5, 5.41) is 1.23. The Morgan fingerprint density at radius 1 is 1.00 bits per heavy atom. The van der Waals surface area contributed by atoms with Crippen molar-refractivity contribution in [2.75, 3.05) is 44.2 Å². The topological polar surface area (TPSA) is 65.5 Å². The van der Waals surface area contributed by atoms with E-state index in [4.69, 9.17) is 0 Å². The summed E-state index contributed by atoms with van der Waals surface area (Å²) in [6.07, 6.45) is 0.791. The Kier molecular flexibility index (Phi) is 6.86. The van der Waals surface area contributed by atoms with Crippen LogP contribution in [0, 0.1) is 0 Å². The largest absolute Gasteiger partial charge is 0.353 e. The van der Waals surface area contributed by atoms with Gasteiger partial charge in [-0.25, -0.2) is 13.1 Å². The first-order valence-electron chi connectivity index (χ1n) is 11.2. The Morgan fingerprint density at radius 2 is 1.69 bits per heavy atom. The molecule has 8 heteroatoms. The molecule has 0 radical (unpaired) electrons. The highest BCUT2D eigenvalue weighted by Gasteiger charge is 2.21. The van der Waals surface area contributed by atoms with Gasteiger partial charge in [0.2, 0.25) is 10.0 Å². The smallest absolute Gasteiger partial charge is 0.240 e. The van der Waals surface area contributed by atoms with Crippen LogP contribution in [-0.2, 0) is 15.4 Å². The first kappa shape index (κ1) is 23.2. The number of rotatable bonds is 7. The van der Waals surface area contributed by atoms with Gasteiger partial charge >= 0.3 is 0 Å². The lowest BCUT2D eigenvalue weighted by Crippen LogP contribution is -2.47. The summed E-state index contributed by atoms with van der Waals surface area (Å²) in [6, 6.07) is 15.6. The number of nitrogens with one attached hydrogen (secondary N) is 1. The normalized spacial score (nSPS) is 16.0. The maximum Gasteiger partial charge on any atom is 0.240 e. The van der Waals surface area contributed by atoms with Crippen molar-refractivity contribution in [2.24, 2.45) is 0 Å². The van der Waals surface area contributed by atoms with E-state index >= 15 is 0 Å². The summed E-state index contributed by atoms with van der Waals surface area (Å²) >= 11 is 1.56. The Hall–Kier alpha value is -2.00. The van der Waals surface area contributed by atoms with Gasteiger partial charge in [-0.2, -0.15) is 4.37 Å². The lowest BCUT2D eigenvalue weighted by molar-refractivity contribution is 0.255. The monoisotopic (exact) mass is 472 g/mol. The van der Waals surface area contributed by atoms with Gasteiger partial charge < -0.3 is 4.90 Å². The maximum absolute atomic E-state index is 12.6. The average molecular weight is 473 g/mol. The molecular formula is C24H32N4O2S2. The second-order valence-electron chi connectivity index (χ2n) is 9.36. The van der Waals surface area contributed by atoms with Crippen LogP contribution in [0.15, 0.2) is 53.4 Å². The molecule has 1 fully saturated rings. The van der Waals surface area contributed by atoms with Gasteiger partial charge in [-0.1, -0.05) is 45.0 Å². The summed E-state index contributed by atoms with van der Waals surface area (Å²) in [6.45, 7) is 11.5. The summed E-state index contributed by atoms with van der Waals surface area (Å²) in [4.78, 5) is 5.09. The summed E-state index contributed by atoms with van der Waals surface area (Å²) in [5.74, 6) is 1.09. The zero-order valence-electron chi connectivity index (χ0n) is 19.0. The molecule has 1 saturated heterocycles. The lowest BCUT2D eigenvalue weighted by Gasteiger charge is -2.35. The molecule has 0 amide bonds. The van der Waals surface area contributed by atoms with Crippen LogP contribution in [0.4, 0.5) is 5.82 Å². The fraction of sp³-hybridized carbons (Fsp3) is 0.458. The van der Waals surface area contributed by atoms with E-state index in [1.165, 1.54) is 10.1 Å². The molecule has 1 N–H and O–H groups in total. The number of benzene rings is 2. The van der Waals surface area contributed by atoms with Gasteiger partial charge in [0, 0.05) is 38.1 Å². The minimum atomic E-state index is -3.47. The van der Waals surface area contributed by atoms with Gasteiger partial charge in [0.15, 0.2) is 0 Å². The van der Waals surface area contributed by atoms with Crippen LogP contribution in [-0.4, -0.2) is 57.0 Å². The minimum Gasteiger partial charge on any atom is -0.353 e. The molecule has 1 aliphatic heterocycles. The van der Waals surface area contributed by atoms with Crippen molar-refractivity contribution in [1.29, 1.82) is 0 Å². The van der Waals surface area contributed by atoms with E-state index in [-0.39, 0.29) is 5.41 Å². The Morgan fingerprint density at radius 3 is 2.38 bits per heavy atom. The number of piperazine rings is 1. The average Bonchev–Trinajstić information content (AvgIpc) is 3.21. The number of hydrogen-bond acceptors (Lipinski definition) is 6. The minimum absolute atomic E-state index is 0.00628. The number of nitrogens with zero attached hydrogens (tertiary/aromatic N) is 3. The first-order valence-corrected chi connectivity index (χ1v) is 13.4. The molecule has 0 saturated carbocycles. The highest BCUT2D eigenvalue weighted by atomic mass is 32.2. The molecule has 0 spiro atoms. The highest BCUT2D eigenvalue weighted by molar-refractivity contribution is 7.89. The molecule has 32 heavy (non-hydrogen) atoms. The SMILES string of the molecule is CC(C)(C)c1ccc(S(=O)(=O)NCCCN2CCN(c3nsc4ccccc34)CC2)cc1. The predicted molar refractivity (Wildman–Crippen MR) is 133 cm³/mol. The zero-order valence-corrected chi connectivity index (χ0v) is 20.7. The third-order valence-corrected chi connectivity index (χ3v) is 8.30. The van der Waals surface area contributed by atoms with E-state index in [2.05, 4.69) is 63.9 Å². The molecule has 0 unspecified atom stereocenters. The van der Waals surface area contributed by atoms with E-state index in [9.17, 15) is 8.42 Å². The summed E-state index contributed by atoms with van der Waals surface area (Å²) < 4.78 is 33.8. The van der Waals surface area contributed by atoms with Crippen LogP contribution in [0.1, 0.15) is 32.8 Å². The number of hydrogen-bond donors (Lipinski definition) is 1. The molecule has 172 valence electrons. The van der Waals surface area contributed by atoms with Gasteiger partial charge in [0.05, 0.1) is 9.60 Å². The number of fused-ring (bicyclic) bond motifs is 1. The molecule has 0 aliphatic carbocycles. The zero-order chi connectivity index (χ0) is 22.8. The molecule has 6 nitrogen and oxygen atoms in total. The van der Waals surface area contributed by atoms with Gasteiger partial charge in [-0.05, 0) is 59.7 Å². The van der Waals surface area contributed by atoms with Crippen LogP contribution < -0.4 is 9.62 Å². The molecule has 0 bridgehead atoms. The van der Waals surface area contributed by atoms with Crippen molar-refractivity contribution < 1.29 is 8.42 Å². The van der Waals surface area contributed by atoms with Crippen molar-refractivity contribution in [2.45, 2.75) is 37.5 Å². The third kappa shape index (κ3) is 5.31. The van der Waals surface area contributed by atoms with E-state index in [0.29, 0.717) is 11.4 Å². The number of sulfonamides is 1. The van der Waals surface area contributed by atoms with Gasteiger partial charge in [0.25, 0.3) is 0 Å². The molecule has 2 aromatic carbocycles. The van der Waals surface area contributed by atoms with Crippen LogP contribution in [0.3, 0.4) is 0 Å². The fourth-order valence-electron chi connectivity index (χ4n) is 4.01. The summed E-state index contributed by atoms with van der Waals surface area (Å²) in [7, 11) is -3.47. The lowest BCUT2D eigenvalue weighted by atomic mass is 9.87. The van der Waals surface area contributed by atoms with Crippen LogP contribution >= 0.6 is 11.5 Å². The molecule has 1 aliphatic rings. The number of anilines is 1. The van der Waals surface area contributed by atoms with Gasteiger partial charge in [-0.3, -0.25) is 4.90 Å². The second kappa shape index (κ2) is 9.47. The van der Waals surface area contributed by atoms with Crippen molar-refractivity contribution in [3.8, 4) is 0 Å². The van der Waals surface area contributed by atoms with Gasteiger partial charge in [-0.15, -0.1) is 0 Å². The highest BCUT2D eigenvalue weighted by Crippen LogP contribution is 2.29. The molecule has 1 aromatic heterocycles.